The minimum absolute atomic E-state index is 0.134. The van der Waals surface area contributed by atoms with Crippen molar-refractivity contribution in [3.05, 3.63) is 60.4 Å². The molecule has 0 spiro atoms. The second-order valence-corrected chi connectivity index (χ2v) is 11.4. The normalized spacial score (nSPS) is 17.0. The Morgan fingerprint density at radius 3 is 2.57 bits per heavy atom. The Morgan fingerprint density at radius 2 is 1.76 bits per heavy atom. The molecule has 1 saturated heterocycles. The molecule has 7 heteroatoms. The highest BCUT2D eigenvalue weighted by Crippen LogP contribution is 2.33. The molecule has 2 atom stereocenters. The number of benzene rings is 3. The second kappa shape index (κ2) is 9.30. The van der Waals surface area contributed by atoms with E-state index in [1.54, 1.807) is 0 Å². The number of hydrogen-bond acceptors (Lipinski definition) is 5. The van der Waals surface area contributed by atoms with Crippen LogP contribution in [-0.2, 0) is 6.42 Å². The number of aromatic amines is 2. The van der Waals surface area contributed by atoms with Gasteiger partial charge in [0, 0.05) is 29.0 Å². The Balaban J connectivity index is 1.28. The van der Waals surface area contributed by atoms with Gasteiger partial charge in [-0.3, -0.25) is 10.2 Å². The van der Waals surface area contributed by atoms with E-state index in [9.17, 15) is 0 Å². The molecule has 5 aromatic rings. The van der Waals surface area contributed by atoms with Gasteiger partial charge in [0.2, 0.25) is 0 Å². The third-order valence-corrected chi connectivity index (χ3v) is 7.13. The number of aromatic nitrogens is 5. The molecule has 2 unspecified atom stereocenters. The maximum absolute atomic E-state index is 6.26. The van der Waals surface area contributed by atoms with Crippen LogP contribution in [0.5, 0.6) is 5.75 Å². The fourth-order valence-corrected chi connectivity index (χ4v) is 5.21. The zero-order chi connectivity index (χ0) is 25.6. The van der Waals surface area contributed by atoms with Gasteiger partial charge < -0.3 is 10.1 Å². The fourth-order valence-electron chi connectivity index (χ4n) is 5.21. The average Bonchev–Trinajstić information content (AvgIpc) is 3.63. The first-order valence-corrected chi connectivity index (χ1v) is 13.2. The first kappa shape index (κ1) is 23.7. The summed E-state index contributed by atoms with van der Waals surface area (Å²) in [6.07, 6.45) is 3.37. The first-order valence-electron chi connectivity index (χ1n) is 13.2. The minimum Gasteiger partial charge on any atom is -0.489 e. The molecular weight excluding hydrogens is 460 g/mol. The van der Waals surface area contributed by atoms with Crippen LogP contribution in [0, 0.1) is 5.41 Å². The quantitative estimate of drug-likeness (QED) is 0.259. The Hall–Kier alpha value is -3.71. The Morgan fingerprint density at radius 1 is 0.946 bits per heavy atom. The number of nitrogens with zero attached hydrogens (tertiary/aromatic N) is 3. The summed E-state index contributed by atoms with van der Waals surface area (Å²) in [4.78, 5) is 4.74. The van der Waals surface area contributed by atoms with Gasteiger partial charge in [0.15, 0.2) is 11.6 Å². The predicted octanol–water partition coefficient (Wildman–Crippen LogP) is 6.28. The van der Waals surface area contributed by atoms with Crippen molar-refractivity contribution >= 4 is 21.7 Å². The average molecular weight is 495 g/mol. The van der Waals surface area contributed by atoms with Crippen LogP contribution in [0.3, 0.4) is 0 Å². The van der Waals surface area contributed by atoms with E-state index in [0.717, 1.165) is 68.9 Å². The van der Waals surface area contributed by atoms with Crippen molar-refractivity contribution in [2.75, 3.05) is 6.54 Å². The van der Waals surface area contributed by atoms with Crippen LogP contribution in [0.4, 0.5) is 0 Å². The standard InChI is InChI=1S/C30H34N6O/c1-18(25-6-5-13-31-25)37-23-11-9-19-14-21(8-7-20(19)15-23)28-24-16-22(10-12-26(24)33-35-28)29-32-27(34-36-29)17-30(2,3)4/h7-12,14-16,18,25,31H,5-6,13,17H2,1-4H3,(H,33,35)(H,32,34,36). The molecule has 0 saturated carbocycles. The van der Waals surface area contributed by atoms with Crippen molar-refractivity contribution in [1.29, 1.82) is 0 Å². The van der Waals surface area contributed by atoms with Gasteiger partial charge in [0.1, 0.15) is 11.9 Å². The first-order chi connectivity index (χ1) is 17.8. The number of ether oxygens (including phenoxy) is 1. The summed E-state index contributed by atoms with van der Waals surface area (Å²) in [5.74, 6) is 2.53. The molecule has 7 nitrogen and oxygen atoms in total. The molecule has 3 N–H and O–H groups in total. The fraction of sp³-hybridized carbons (Fsp3) is 0.367. The van der Waals surface area contributed by atoms with Gasteiger partial charge in [-0.2, -0.15) is 10.2 Å². The Kier molecular flexibility index (Phi) is 5.95. The van der Waals surface area contributed by atoms with Gasteiger partial charge in [-0.15, -0.1) is 0 Å². The highest BCUT2D eigenvalue weighted by molar-refractivity contribution is 5.97. The number of hydrogen-bond donors (Lipinski definition) is 3. The van der Waals surface area contributed by atoms with Crippen LogP contribution in [0.15, 0.2) is 54.6 Å². The number of nitrogens with one attached hydrogen (secondary N) is 3. The number of rotatable bonds is 6. The molecular formula is C30H34N6O. The van der Waals surface area contributed by atoms with E-state index in [-0.39, 0.29) is 11.5 Å². The molecule has 3 heterocycles. The largest absolute Gasteiger partial charge is 0.489 e. The van der Waals surface area contributed by atoms with Crippen LogP contribution in [-0.4, -0.2) is 44.1 Å². The summed E-state index contributed by atoms with van der Waals surface area (Å²) in [5.41, 5.74) is 4.12. The van der Waals surface area contributed by atoms with Gasteiger partial charge in [-0.1, -0.05) is 39.0 Å². The SMILES string of the molecule is CC(Oc1ccc2cc(-c3n[nH]c4ccc(-c5nc(CC(C)(C)C)n[nH]5)cc34)ccc2c1)C1CCCN1. The summed E-state index contributed by atoms with van der Waals surface area (Å²) >= 11 is 0. The maximum Gasteiger partial charge on any atom is 0.155 e. The molecule has 0 radical (unpaired) electrons. The van der Waals surface area contributed by atoms with Crippen molar-refractivity contribution in [3.63, 3.8) is 0 Å². The van der Waals surface area contributed by atoms with Crippen molar-refractivity contribution < 1.29 is 4.74 Å². The highest BCUT2D eigenvalue weighted by Gasteiger charge is 2.22. The molecule has 0 bridgehead atoms. The van der Waals surface area contributed by atoms with Crippen LogP contribution >= 0.6 is 0 Å². The molecule has 3 aromatic carbocycles. The van der Waals surface area contributed by atoms with E-state index in [1.807, 2.05) is 0 Å². The van der Waals surface area contributed by atoms with Crippen LogP contribution in [0.25, 0.3) is 44.3 Å². The molecule has 1 fully saturated rings. The molecule has 6 rings (SSSR count). The van der Waals surface area contributed by atoms with E-state index in [4.69, 9.17) is 9.72 Å². The molecule has 1 aliphatic heterocycles. The van der Waals surface area contributed by atoms with Gasteiger partial charge in [-0.05, 0) is 78.9 Å². The highest BCUT2D eigenvalue weighted by atomic mass is 16.5. The molecule has 0 amide bonds. The van der Waals surface area contributed by atoms with Crippen molar-refractivity contribution in [2.24, 2.45) is 5.41 Å². The monoisotopic (exact) mass is 494 g/mol. The minimum atomic E-state index is 0.134. The van der Waals surface area contributed by atoms with E-state index in [1.165, 1.54) is 12.8 Å². The van der Waals surface area contributed by atoms with E-state index >= 15 is 0 Å². The van der Waals surface area contributed by atoms with Crippen molar-refractivity contribution in [2.45, 2.75) is 59.1 Å². The van der Waals surface area contributed by atoms with Crippen molar-refractivity contribution in [3.8, 4) is 28.4 Å². The summed E-state index contributed by atoms with van der Waals surface area (Å²) in [5, 5.41) is 22.3. The molecule has 0 aliphatic carbocycles. The molecule has 2 aromatic heterocycles. The lowest BCUT2D eigenvalue weighted by molar-refractivity contribution is 0.180. The zero-order valence-electron chi connectivity index (χ0n) is 21.9. The van der Waals surface area contributed by atoms with Gasteiger partial charge in [-0.25, -0.2) is 4.98 Å². The second-order valence-electron chi connectivity index (χ2n) is 11.4. The number of fused-ring (bicyclic) bond motifs is 2. The van der Waals surface area contributed by atoms with Gasteiger partial charge >= 0.3 is 0 Å². The Bertz CT molecular complexity index is 1550. The topological polar surface area (TPSA) is 91.5 Å². The maximum atomic E-state index is 6.26. The molecule has 37 heavy (non-hydrogen) atoms. The van der Waals surface area contributed by atoms with Crippen molar-refractivity contribution in [1.82, 2.24) is 30.7 Å². The number of H-pyrrole nitrogens is 2. The van der Waals surface area contributed by atoms with E-state index < -0.39 is 0 Å². The third-order valence-electron chi connectivity index (χ3n) is 7.13. The molecule has 190 valence electrons. The van der Waals surface area contributed by atoms with Crippen LogP contribution < -0.4 is 10.1 Å². The summed E-state index contributed by atoms with van der Waals surface area (Å²) in [6.45, 7) is 9.81. The predicted molar refractivity (Wildman–Crippen MR) is 149 cm³/mol. The van der Waals surface area contributed by atoms with Gasteiger partial charge in [0.25, 0.3) is 0 Å². The van der Waals surface area contributed by atoms with E-state index in [2.05, 4.69) is 108 Å². The lowest BCUT2D eigenvalue weighted by atomic mass is 9.92. The van der Waals surface area contributed by atoms with E-state index in [0.29, 0.717) is 6.04 Å². The summed E-state index contributed by atoms with van der Waals surface area (Å²) < 4.78 is 6.26. The van der Waals surface area contributed by atoms with Gasteiger partial charge in [0.05, 0.1) is 11.2 Å². The summed E-state index contributed by atoms with van der Waals surface area (Å²) in [6, 6.07) is 19.5. The third kappa shape index (κ3) is 4.96. The lowest BCUT2D eigenvalue weighted by Gasteiger charge is -2.21. The van der Waals surface area contributed by atoms with Crippen LogP contribution in [0.2, 0.25) is 0 Å². The smallest absolute Gasteiger partial charge is 0.155 e. The van der Waals surface area contributed by atoms with Crippen LogP contribution in [0.1, 0.15) is 46.4 Å². The Labute approximate surface area is 217 Å². The lowest BCUT2D eigenvalue weighted by Crippen LogP contribution is -2.36. The zero-order valence-corrected chi connectivity index (χ0v) is 21.9. The molecule has 1 aliphatic rings. The summed E-state index contributed by atoms with van der Waals surface area (Å²) in [7, 11) is 0.